The van der Waals surface area contributed by atoms with Crippen LogP contribution in [-0.4, -0.2) is 70.6 Å². The summed E-state index contributed by atoms with van der Waals surface area (Å²) < 4.78 is 4.64. The van der Waals surface area contributed by atoms with Gasteiger partial charge in [-0.05, 0) is 37.8 Å². The van der Waals surface area contributed by atoms with E-state index in [4.69, 9.17) is 10.2 Å². The predicted octanol–water partition coefficient (Wildman–Crippen LogP) is 0.631. The summed E-state index contributed by atoms with van der Waals surface area (Å²) in [4.78, 5) is 56.4. The van der Waals surface area contributed by atoms with Gasteiger partial charge in [0, 0.05) is 19.6 Å². The Morgan fingerprint density at radius 3 is 2.00 bits per heavy atom. The van der Waals surface area contributed by atoms with E-state index in [0.717, 1.165) is 0 Å². The summed E-state index contributed by atoms with van der Waals surface area (Å²) in [5.74, 6) is -4.28. The van der Waals surface area contributed by atoms with E-state index in [9.17, 15) is 29.1 Å². The summed E-state index contributed by atoms with van der Waals surface area (Å²) in [6.45, 7) is 0.0293. The lowest BCUT2D eigenvalue weighted by Crippen LogP contribution is -2.47. The summed E-state index contributed by atoms with van der Waals surface area (Å²) in [6, 6.07) is 5.91. The normalized spacial score (nSPS) is 12.4. The zero-order valence-corrected chi connectivity index (χ0v) is 17.3. The molecule has 0 heterocycles. The molecule has 176 valence electrons. The van der Waals surface area contributed by atoms with Crippen molar-refractivity contribution in [3.05, 3.63) is 35.9 Å². The van der Waals surface area contributed by atoms with Gasteiger partial charge in [0.15, 0.2) is 0 Å². The molecule has 0 saturated heterocycles. The van der Waals surface area contributed by atoms with Gasteiger partial charge in [0.1, 0.15) is 12.1 Å². The van der Waals surface area contributed by atoms with Crippen LogP contribution in [0, 0.1) is 0 Å². The highest BCUT2D eigenvalue weighted by molar-refractivity contribution is 5.96. The number of carboxylic acids is 3. The molecule has 1 amide bonds. The molecule has 0 radical (unpaired) electrons. The average molecular weight is 453 g/mol. The molecule has 12 nitrogen and oxygen atoms in total. The number of ether oxygens (including phenoxy) is 1. The molecule has 1 aromatic rings. The summed E-state index contributed by atoms with van der Waals surface area (Å²) in [5.41, 5.74) is 0.236. The van der Waals surface area contributed by atoms with E-state index in [1.165, 1.54) is 12.1 Å². The Labute approximate surface area is 183 Å². The number of alkyl carbamates (subject to hydrolysis) is 1. The largest absolute Gasteiger partial charge is 0.481 e. The second-order valence-electron chi connectivity index (χ2n) is 6.76. The number of esters is 1. The highest BCUT2D eigenvalue weighted by atomic mass is 16.6. The third-order valence-electron chi connectivity index (χ3n) is 4.32. The number of nitrogens with one attached hydrogen (secondary N) is 3. The van der Waals surface area contributed by atoms with E-state index in [1.807, 2.05) is 0 Å². The molecule has 0 aliphatic rings. The quantitative estimate of drug-likeness (QED) is 0.0944. The molecular weight excluding hydrogens is 426 g/mol. The van der Waals surface area contributed by atoms with Crippen LogP contribution in [0.4, 0.5) is 4.79 Å². The van der Waals surface area contributed by atoms with Crippen LogP contribution in [0.3, 0.4) is 0 Å². The average Bonchev–Trinajstić information content (AvgIpc) is 2.74. The molecule has 0 saturated carbocycles. The Bertz CT molecular complexity index is 786. The minimum Gasteiger partial charge on any atom is -0.481 e. The zero-order chi connectivity index (χ0) is 23.9. The Hall–Kier alpha value is -3.51. The first-order valence-electron chi connectivity index (χ1n) is 9.90. The minimum atomic E-state index is -1.23. The lowest BCUT2D eigenvalue weighted by Gasteiger charge is -2.18. The van der Waals surface area contributed by atoms with Gasteiger partial charge in [-0.2, -0.15) is 0 Å². The maximum absolute atomic E-state index is 11.7. The predicted molar refractivity (Wildman–Crippen MR) is 110 cm³/mol. The lowest BCUT2D eigenvalue weighted by molar-refractivity contribution is -0.141. The van der Waals surface area contributed by atoms with Crippen molar-refractivity contribution in [3.8, 4) is 0 Å². The number of hydrogen-bond acceptors (Lipinski definition) is 8. The SMILES string of the molecule is O=C(O)CCC(NCNC(CCCCNC(=O)OC(=O)c1ccccc1)C(=O)O)C(=O)O. The zero-order valence-electron chi connectivity index (χ0n) is 17.3. The van der Waals surface area contributed by atoms with E-state index < -0.39 is 42.1 Å². The Kier molecular flexibility index (Phi) is 12.0. The molecule has 2 atom stereocenters. The van der Waals surface area contributed by atoms with Gasteiger partial charge in [0.2, 0.25) is 0 Å². The molecule has 12 heteroatoms. The lowest BCUT2D eigenvalue weighted by atomic mass is 10.1. The topological polar surface area (TPSA) is 191 Å². The standard InChI is InChI=1S/C20H27N3O9/c24-16(25)10-9-15(18(28)29)23-12-22-14(17(26)27)8-4-5-11-21-20(31)32-19(30)13-6-2-1-3-7-13/h1-3,6-7,14-15,22-23H,4-5,8-12H2,(H,21,31)(H,24,25)(H,26,27)(H,28,29). The third kappa shape index (κ3) is 11.0. The number of benzene rings is 1. The van der Waals surface area contributed by atoms with Crippen LogP contribution < -0.4 is 16.0 Å². The molecule has 6 N–H and O–H groups in total. The number of carbonyl (C=O) groups is 5. The monoisotopic (exact) mass is 453 g/mol. The molecule has 2 unspecified atom stereocenters. The molecular formula is C20H27N3O9. The fourth-order valence-electron chi connectivity index (χ4n) is 2.62. The van der Waals surface area contributed by atoms with Crippen molar-refractivity contribution in [1.29, 1.82) is 0 Å². The van der Waals surface area contributed by atoms with Crippen LogP contribution in [-0.2, 0) is 19.1 Å². The molecule has 1 aromatic carbocycles. The van der Waals surface area contributed by atoms with Crippen molar-refractivity contribution in [2.24, 2.45) is 0 Å². The minimum absolute atomic E-state index is 0.139. The van der Waals surface area contributed by atoms with Gasteiger partial charge in [-0.25, -0.2) is 9.59 Å². The van der Waals surface area contributed by atoms with Gasteiger partial charge in [-0.1, -0.05) is 18.2 Å². The fourth-order valence-corrected chi connectivity index (χ4v) is 2.62. The van der Waals surface area contributed by atoms with Crippen molar-refractivity contribution in [2.75, 3.05) is 13.2 Å². The molecule has 1 rings (SSSR count). The van der Waals surface area contributed by atoms with Gasteiger partial charge in [-0.3, -0.25) is 25.0 Å². The molecule has 0 bridgehead atoms. The molecule has 0 aliphatic carbocycles. The Morgan fingerprint density at radius 1 is 0.844 bits per heavy atom. The van der Waals surface area contributed by atoms with E-state index in [0.29, 0.717) is 12.8 Å². The van der Waals surface area contributed by atoms with Crippen molar-refractivity contribution in [3.63, 3.8) is 0 Å². The molecule has 0 fully saturated rings. The van der Waals surface area contributed by atoms with Crippen molar-refractivity contribution < 1.29 is 44.0 Å². The Morgan fingerprint density at radius 2 is 1.44 bits per heavy atom. The van der Waals surface area contributed by atoms with E-state index in [1.54, 1.807) is 18.2 Å². The van der Waals surface area contributed by atoms with Gasteiger partial charge in [0.25, 0.3) is 0 Å². The van der Waals surface area contributed by atoms with E-state index in [2.05, 4.69) is 20.7 Å². The second kappa shape index (κ2) is 14.5. The molecule has 0 spiro atoms. The van der Waals surface area contributed by atoms with Crippen LogP contribution in [0.1, 0.15) is 42.5 Å². The van der Waals surface area contributed by atoms with E-state index >= 15 is 0 Å². The first-order valence-corrected chi connectivity index (χ1v) is 9.90. The van der Waals surface area contributed by atoms with Crippen molar-refractivity contribution in [2.45, 2.75) is 44.2 Å². The fraction of sp³-hybridized carbons (Fsp3) is 0.450. The first kappa shape index (κ1) is 26.5. The smallest absolute Gasteiger partial charge is 0.415 e. The Balaban J connectivity index is 2.27. The van der Waals surface area contributed by atoms with Gasteiger partial charge in [0.05, 0.1) is 5.56 Å². The van der Waals surface area contributed by atoms with E-state index in [-0.39, 0.29) is 38.0 Å². The summed E-state index contributed by atoms with van der Waals surface area (Å²) in [5, 5.41) is 34.6. The van der Waals surface area contributed by atoms with Crippen molar-refractivity contribution in [1.82, 2.24) is 16.0 Å². The number of amides is 1. The molecule has 32 heavy (non-hydrogen) atoms. The number of hydrogen-bond donors (Lipinski definition) is 6. The number of carboxylic acid groups (broad SMARTS) is 3. The van der Waals surface area contributed by atoms with Gasteiger partial charge in [-0.15, -0.1) is 0 Å². The van der Waals surface area contributed by atoms with Crippen LogP contribution in [0.15, 0.2) is 30.3 Å². The third-order valence-corrected chi connectivity index (χ3v) is 4.32. The van der Waals surface area contributed by atoms with Gasteiger partial charge >= 0.3 is 30.0 Å². The highest BCUT2D eigenvalue weighted by Gasteiger charge is 2.20. The number of unbranched alkanes of at least 4 members (excludes halogenated alkanes) is 1. The summed E-state index contributed by atoms with van der Waals surface area (Å²) in [7, 11) is 0. The van der Waals surface area contributed by atoms with Crippen LogP contribution >= 0.6 is 0 Å². The van der Waals surface area contributed by atoms with Crippen LogP contribution in [0.25, 0.3) is 0 Å². The maximum atomic E-state index is 11.7. The second-order valence-corrected chi connectivity index (χ2v) is 6.76. The van der Waals surface area contributed by atoms with Crippen LogP contribution in [0.5, 0.6) is 0 Å². The number of aliphatic carboxylic acids is 3. The maximum Gasteiger partial charge on any atom is 0.415 e. The molecule has 0 aliphatic heterocycles. The number of carbonyl (C=O) groups excluding carboxylic acids is 2. The first-order chi connectivity index (χ1) is 15.2. The van der Waals surface area contributed by atoms with Crippen molar-refractivity contribution >= 4 is 30.0 Å². The molecule has 0 aromatic heterocycles. The summed E-state index contributed by atoms with van der Waals surface area (Å²) in [6.07, 6.45) is -0.347. The number of rotatable bonds is 15. The van der Waals surface area contributed by atoms with Gasteiger partial charge < -0.3 is 25.4 Å². The highest BCUT2D eigenvalue weighted by Crippen LogP contribution is 2.03. The summed E-state index contributed by atoms with van der Waals surface area (Å²) >= 11 is 0. The van der Waals surface area contributed by atoms with Crippen LogP contribution in [0.2, 0.25) is 0 Å².